The Kier molecular flexibility index (Phi) is 6.28. The number of nitrogens with zero attached hydrogens (tertiary/aromatic N) is 5. The van der Waals surface area contributed by atoms with Gasteiger partial charge in [-0.1, -0.05) is 48.5 Å². The molecule has 1 aromatic carbocycles. The van der Waals surface area contributed by atoms with Crippen LogP contribution in [0, 0.1) is 5.92 Å². The summed E-state index contributed by atoms with van der Waals surface area (Å²) in [6.45, 7) is 5.37. The molecule has 2 aliphatic heterocycles. The first-order valence-electron chi connectivity index (χ1n) is 11.6. The lowest BCUT2D eigenvalue weighted by atomic mass is 9.86. The number of aromatic nitrogens is 2. The number of carbonyl (C=O) groups is 1. The monoisotopic (exact) mass is 473 g/mol. The van der Waals surface area contributed by atoms with Gasteiger partial charge in [0.25, 0.3) is 0 Å². The van der Waals surface area contributed by atoms with Gasteiger partial charge in [0, 0.05) is 44.0 Å². The van der Waals surface area contributed by atoms with Gasteiger partial charge in [0.2, 0.25) is 5.91 Å². The SMILES string of the molecule is CC1=Nc2ccnn2C(c2ccc(Cl)c(Cl)c2)C1C(=O)N1CCN(C2CCCCC2)CC1. The molecule has 0 spiro atoms. The van der Waals surface area contributed by atoms with E-state index >= 15 is 0 Å². The number of carbonyl (C=O) groups excluding carboxylic acids is 1. The first kappa shape index (κ1) is 21.9. The van der Waals surface area contributed by atoms with Gasteiger partial charge < -0.3 is 4.90 Å². The minimum atomic E-state index is -0.416. The average Bonchev–Trinajstić information content (AvgIpc) is 3.28. The molecular weight excluding hydrogens is 445 g/mol. The Bertz CT molecular complexity index is 1020. The topological polar surface area (TPSA) is 53.7 Å². The second-order valence-corrected chi connectivity index (χ2v) is 9.95. The normalized spacial score (nSPS) is 24.8. The van der Waals surface area contributed by atoms with Gasteiger partial charge in [-0.2, -0.15) is 5.10 Å². The van der Waals surface area contributed by atoms with Crippen LogP contribution in [0.1, 0.15) is 50.6 Å². The molecule has 32 heavy (non-hydrogen) atoms. The van der Waals surface area contributed by atoms with Gasteiger partial charge in [-0.3, -0.25) is 9.69 Å². The number of hydrogen-bond acceptors (Lipinski definition) is 4. The van der Waals surface area contributed by atoms with Gasteiger partial charge in [0.05, 0.1) is 22.3 Å². The zero-order valence-electron chi connectivity index (χ0n) is 18.4. The molecule has 1 saturated carbocycles. The van der Waals surface area contributed by atoms with Crippen molar-refractivity contribution in [1.82, 2.24) is 19.6 Å². The summed E-state index contributed by atoms with van der Waals surface area (Å²) in [6.07, 6.45) is 8.35. The molecule has 170 valence electrons. The van der Waals surface area contributed by atoms with Crippen LogP contribution in [0.25, 0.3) is 0 Å². The van der Waals surface area contributed by atoms with Crippen LogP contribution in [0.4, 0.5) is 5.82 Å². The van der Waals surface area contributed by atoms with Crippen molar-refractivity contribution in [3.05, 3.63) is 46.1 Å². The van der Waals surface area contributed by atoms with Gasteiger partial charge in [-0.15, -0.1) is 0 Å². The summed E-state index contributed by atoms with van der Waals surface area (Å²) in [5.74, 6) is 0.456. The molecule has 3 aliphatic rings. The molecule has 1 aliphatic carbocycles. The Balaban J connectivity index is 1.39. The summed E-state index contributed by atoms with van der Waals surface area (Å²) in [4.78, 5) is 23.2. The van der Waals surface area contributed by atoms with E-state index in [1.807, 2.05) is 34.7 Å². The summed E-state index contributed by atoms with van der Waals surface area (Å²) in [6, 6.07) is 7.83. The molecule has 2 unspecified atom stereocenters. The van der Waals surface area contributed by atoms with Crippen molar-refractivity contribution in [2.75, 3.05) is 26.2 Å². The predicted molar refractivity (Wildman–Crippen MR) is 128 cm³/mol. The fourth-order valence-electron chi connectivity index (χ4n) is 5.52. The smallest absolute Gasteiger partial charge is 0.233 e. The van der Waals surface area contributed by atoms with Crippen molar-refractivity contribution in [2.45, 2.75) is 51.1 Å². The largest absolute Gasteiger partial charge is 0.339 e. The maximum atomic E-state index is 13.8. The predicted octanol–water partition coefficient (Wildman–Crippen LogP) is 4.98. The summed E-state index contributed by atoms with van der Waals surface area (Å²) >= 11 is 12.5. The van der Waals surface area contributed by atoms with Gasteiger partial charge in [-0.05, 0) is 37.5 Å². The lowest BCUT2D eigenvalue weighted by molar-refractivity contribution is -0.136. The Morgan fingerprint density at radius 3 is 2.47 bits per heavy atom. The highest BCUT2D eigenvalue weighted by Gasteiger charge is 2.41. The van der Waals surface area contributed by atoms with Crippen molar-refractivity contribution in [3.8, 4) is 0 Å². The minimum absolute atomic E-state index is 0.117. The number of aliphatic imine (C=N–C) groups is 1. The maximum absolute atomic E-state index is 13.8. The van der Waals surface area contributed by atoms with E-state index in [0.29, 0.717) is 16.1 Å². The van der Waals surface area contributed by atoms with Crippen LogP contribution >= 0.6 is 23.2 Å². The van der Waals surface area contributed by atoms with E-state index in [9.17, 15) is 4.79 Å². The van der Waals surface area contributed by atoms with E-state index in [-0.39, 0.29) is 11.9 Å². The van der Waals surface area contributed by atoms with E-state index in [2.05, 4.69) is 10.00 Å². The highest BCUT2D eigenvalue weighted by molar-refractivity contribution is 6.42. The van der Waals surface area contributed by atoms with Gasteiger partial charge in [0.1, 0.15) is 5.92 Å². The fraction of sp³-hybridized carbons (Fsp3) is 0.542. The molecule has 6 nitrogen and oxygen atoms in total. The molecule has 1 aromatic heterocycles. The number of fused-ring (bicyclic) bond motifs is 1. The quantitative estimate of drug-likeness (QED) is 0.631. The van der Waals surface area contributed by atoms with Crippen LogP contribution in [-0.4, -0.2) is 63.4 Å². The molecule has 0 bridgehead atoms. The van der Waals surface area contributed by atoms with Gasteiger partial charge in [-0.25, -0.2) is 9.67 Å². The third kappa shape index (κ3) is 4.09. The van der Waals surface area contributed by atoms with E-state index in [4.69, 9.17) is 28.2 Å². The van der Waals surface area contributed by atoms with Crippen molar-refractivity contribution in [3.63, 3.8) is 0 Å². The molecule has 2 aromatic rings. The van der Waals surface area contributed by atoms with E-state index in [1.165, 1.54) is 32.1 Å². The molecule has 1 saturated heterocycles. The molecule has 3 heterocycles. The zero-order chi connectivity index (χ0) is 22.2. The Morgan fingerprint density at radius 1 is 1.00 bits per heavy atom. The molecule has 0 N–H and O–H groups in total. The van der Waals surface area contributed by atoms with Crippen LogP contribution in [0.3, 0.4) is 0 Å². The van der Waals surface area contributed by atoms with Crippen LogP contribution in [0.5, 0.6) is 0 Å². The van der Waals surface area contributed by atoms with Gasteiger partial charge >= 0.3 is 0 Å². The van der Waals surface area contributed by atoms with Crippen molar-refractivity contribution < 1.29 is 4.79 Å². The third-order valence-electron chi connectivity index (χ3n) is 7.24. The molecule has 2 atom stereocenters. The molecular formula is C24H29Cl2N5O. The van der Waals surface area contributed by atoms with E-state index in [1.54, 1.807) is 12.3 Å². The van der Waals surface area contributed by atoms with Crippen molar-refractivity contribution in [1.29, 1.82) is 0 Å². The highest BCUT2D eigenvalue weighted by Crippen LogP contribution is 2.39. The second kappa shape index (κ2) is 9.16. The fourth-order valence-corrected chi connectivity index (χ4v) is 5.83. The highest BCUT2D eigenvalue weighted by atomic mass is 35.5. The summed E-state index contributed by atoms with van der Waals surface area (Å²) in [5, 5.41) is 5.48. The lowest BCUT2D eigenvalue weighted by Crippen LogP contribution is -2.55. The molecule has 8 heteroatoms. The summed E-state index contributed by atoms with van der Waals surface area (Å²) < 4.78 is 1.84. The zero-order valence-corrected chi connectivity index (χ0v) is 19.9. The number of halogens is 2. The second-order valence-electron chi connectivity index (χ2n) is 9.14. The Morgan fingerprint density at radius 2 is 1.75 bits per heavy atom. The first-order chi connectivity index (χ1) is 15.5. The van der Waals surface area contributed by atoms with Gasteiger partial charge in [0.15, 0.2) is 5.82 Å². The molecule has 0 radical (unpaired) electrons. The summed E-state index contributed by atoms with van der Waals surface area (Å²) in [7, 11) is 0. The van der Waals surface area contributed by atoms with Crippen molar-refractivity contribution >= 4 is 40.6 Å². The average molecular weight is 474 g/mol. The first-order valence-corrected chi connectivity index (χ1v) is 12.3. The molecule has 2 fully saturated rings. The summed E-state index contributed by atoms with van der Waals surface area (Å²) in [5.41, 5.74) is 1.73. The standard InChI is InChI=1S/C24H29Cl2N5O/c1-16-22(24(32)30-13-11-29(12-14-30)18-5-3-2-4-6-18)23(31-21(28-16)9-10-27-31)17-7-8-19(25)20(26)15-17/h7-10,15,18,22-23H,2-6,11-14H2,1H3. The Labute approximate surface area is 199 Å². The molecule has 5 rings (SSSR count). The maximum Gasteiger partial charge on any atom is 0.233 e. The lowest BCUT2D eigenvalue weighted by Gasteiger charge is -2.42. The van der Waals surface area contributed by atoms with Crippen LogP contribution in [0.15, 0.2) is 35.5 Å². The van der Waals surface area contributed by atoms with E-state index in [0.717, 1.165) is 43.3 Å². The van der Waals surface area contributed by atoms with E-state index < -0.39 is 5.92 Å². The number of rotatable bonds is 3. The van der Waals surface area contributed by atoms with Crippen LogP contribution in [0.2, 0.25) is 10.0 Å². The van der Waals surface area contributed by atoms with Crippen molar-refractivity contribution in [2.24, 2.45) is 10.9 Å². The number of hydrogen-bond donors (Lipinski definition) is 0. The number of benzene rings is 1. The number of amides is 1. The van der Waals surface area contributed by atoms with Crippen LogP contribution in [-0.2, 0) is 4.79 Å². The van der Waals surface area contributed by atoms with Crippen LogP contribution < -0.4 is 0 Å². The Hall–Kier alpha value is -1.89. The molecule has 1 amide bonds. The number of piperazine rings is 1. The third-order valence-corrected chi connectivity index (χ3v) is 7.98. The minimum Gasteiger partial charge on any atom is -0.339 e.